The second-order valence-corrected chi connectivity index (χ2v) is 9.47. The molecule has 4 aromatic heterocycles. The van der Waals surface area contributed by atoms with E-state index in [0.29, 0.717) is 23.8 Å². The SMILES string of the molecule is Cc1nc(Nc2ncc(C)s2)cc(N2CCCC(c3ccc(-c4noc(C(F)(F)F)n4)cn3)C2)n1. The Bertz CT molecular complexity index is 1320. The van der Waals surface area contributed by atoms with Gasteiger partial charge in [-0.3, -0.25) is 4.98 Å². The van der Waals surface area contributed by atoms with E-state index < -0.39 is 12.1 Å². The molecule has 35 heavy (non-hydrogen) atoms. The molecule has 1 saturated heterocycles. The molecule has 9 nitrogen and oxygen atoms in total. The minimum absolute atomic E-state index is 0.141. The van der Waals surface area contributed by atoms with Crippen LogP contribution in [0.2, 0.25) is 0 Å². The maximum absolute atomic E-state index is 12.7. The van der Waals surface area contributed by atoms with Gasteiger partial charge in [-0.25, -0.2) is 15.0 Å². The third-order valence-corrected chi connectivity index (χ3v) is 6.39. The van der Waals surface area contributed by atoms with Crippen LogP contribution in [0, 0.1) is 13.8 Å². The molecule has 0 amide bonds. The van der Waals surface area contributed by atoms with Crippen LogP contribution < -0.4 is 10.2 Å². The number of nitrogens with one attached hydrogen (secondary N) is 1. The van der Waals surface area contributed by atoms with Crippen LogP contribution in [0.5, 0.6) is 0 Å². The fourth-order valence-electron chi connectivity index (χ4n) is 3.96. The molecule has 0 saturated carbocycles. The summed E-state index contributed by atoms with van der Waals surface area (Å²) in [7, 11) is 0. The number of thiazole rings is 1. The lowest BCUT2D eigenvalue weighted by molar-refractivity contribution is -0.159. The molecule has 4 aromatic rings. The van der Waals surface area contributed by atoms with Gasteiger partial charge >= 0.3 is 12.1 Å². The van der Waals surface area contributed by atoms with Gasteiger partial charge in [0.2, 0.25) is 5.82 Å². The van der Waals surface area contributed by atoms with Gasteiger partial charge in [-0.15, -0.1) is 11.3 Å². The fraction of sp³-hybridized carbons (Fsp3) is 0.364. The van der Waals surface area contributed by atoms with Crippen molar-refractivity contribution in [1.82, 2.24) is 30.1 Å². The summed E-state index contributed by atoms with van der Waals surface area (Å²) in [5, 5.41) is 7.44. The summed E-state index contributed by atoms with van der Waals surface area (Å²) in [6.07, 6.45) is 0.496. The highest BCUT2D eigenvalue weighted by Gasteiger charge is 2.38. The Morgan fingerprint density at radius 2 is 1.97 bits per heavy atom. The van der Waals surface area contributed by atoms with Crippen molar-refractivity contribution in [3.63, 3.8) is 0 Å². The highest BCUT2D eigenvalue weighted by Crippen LogP contribution is 2.32. The molecule has 0 radical (unpaired) electrons. The number of pyridine rings is 1. The lowest BCUT2D eigenvalue weighted by Crippen LogP contribution is -2.35. The number of aromatic nitrogens is 6. The lowest BCUT2D eigenvalue weighted by atomic mass is 9.94. The van der Waals surface area contributed by atoms with E-state index in [2.05, 4.69) is 44.8 Å². The molecule has 1 atom stereocenters. The number of alkyl halides is 3. The Labute approximate surface area is 202 Å². The Hall–Kier alpha value is -3.61. The molecule has 13 heteroatoms. The van der Waals surface area contributed by atoms with E-state index in [1.165, 1.54) is 6.20 Å². The third-order valence-electron chi connectivity index (χ3n) is 5.56. The van der Waals surface area contributed by atoms with E-state index in [1.54, 1.807) is 23.5 Å². The van der Waals surface area contributed by atoms with Crippen molar-refractivity contribution in [2.75, 3.05) is 23.3 Å². The van der Waals surface area contributed by atoms with E-state index in [0.717, 1.165) is 40.9 Å². The molecule has 0 aromatic carbocycles. The molecule has 182 valence electrons. The van der Waals surface area contributed by atoms with Crippen LogP contribution in [0.3, 0.4) is 0 Å². The second kappa shape index (κ2) is 9.21. The summed E-state index contributed by atoms with van der Waals surface area (Å²) < 4.78 is 42.5. The van der Waals surface area contributed by atoms with Crippen molar-refractivity contribution in [2.24, 2.45) is 0 Å². The molecule has 0 aliphatic carbocycles. The number of hydrogen-bond donors (Lipinski definition) is 1. The van der Waals surface area contributed by atoms with Gasteiger partial charge in [0.25, 0.3) is 0 Å². The van der Waals surface area contributed by atoms with Crippen molar-refractivity contribution in [3.8, 4) is 11.4 Å². The van der Waals surface area contributed by atoms with E-state index in [-0.39, 0.29) is 11.7 Å². The molecule has 0 spiro atoms. The smallest absolute Gasteiger partial charge is 0.356 e. The predicted octanol–water partition coefficient (Wildman–Crippen LogP) is 5.14. The summed E-state index contributed by atoms with van der Waals surface area (Å²) in [6, 6.07) is 5.38. The van der Waals surface area contributed by atoms with Crippen LogP contribution in [0.4, 0.5) is 29.9 Å². The molecule has 0 bridgehead atoms. The predicted molar refractivity (Wildman–Crippen MR) is 124 cm³/mol. The zero-order chi connectivity index (χ0) is 24.6. The third kappa shape index (κ3) is 5.24. The van der Waals surface area contributed by atoms with Crippen molar-refractivity contribution in [3.05, 3.63) is 52.9 Å². The van der Waals surface area contributed by atoms with Crippen LogP contribution >= 0.6 is 11.3 Å². The molecule has 1 fully saturated rings. The monoisotopic (exact) mass is 502 g/mol. The van der Waals surface area contributed by atoms with Crippen LogP contribution in [-0.2, 0) is 6.18 Å². The van der Waals surface area contributed by atoms with E-state index in [9.17, 15) is 13.2 Å². The highest BCUT2D eigenvalue weighted by atomic mass is 32.1. The molecule has 1 aliphatic rings. The summed E-state index contributed by atoms with van der Waals surface area (Å²) in [5.41, 5.74) is 1.21. The van der Waals surface area contributed by atoms with E-state index in [4.69, 9.17) is 0 Å². The Morgan fingerprint density at radius 1 is 1.11 bits per heavy atom. The van der Waals surface area contributed by atoms with Gasteiger partial charge in [-0.05, 0) is 38.8 Å². The number of rotatable bonds is 5. The van der Waals surface area contributed by atoms with Crippen LogP contribution in [-0.4, -0.2) is 43.2 Å². The van der Waals surface area contributed by atoms with Crippen molar-refractivity contribution in [2.45, 2.75) is 38.8 Å². The number of halogens is 3. The van der Waals surface area contributed by atoms with Gasteiger partial charge in [-0.1, -0.05) is 5.16 Å². The van der Waals surface area contributed by atoms with Gasteiger partial charge in [-0.2, -0.15) is 18.2 Å². The Kier molecular flexibility index (Phi) is 6.09. The number of piperidine rings is 1. The van der Waals surface area contributed by atoms with Gasteiger partial charge < -0.3 is 14.7 Å². The number of aryl methyl sites for hydroxylation is 2. The normalized spacial score (nSPS) is 16.5. The lowest BCUT2D eigenvalue weighted by Gasteiger charge is -2.33. The Balaban J connectivity index is 1.31. The Morgan fingerprint density at radius 3 is 2.66 bits per heavy atom. The zero-order valence-corrected chi connectivity index (χ0v) is 19.7. The number of anilines is 3. The van der Waals surface area contributed by atoms with Crippen molar-refractivity contribution < 1.29 is 17.7 Å². The second-order valence-electron chi connectivity index (χ2n) is 8.24. The van der Waals surface area contributed by atoms with Crippen molar-refractivity contribution >= 4 is 28.1 Å². The van der Waals surface area contributed by atoms with Crippen LogP contribution in [0.1, 0.15) is 41.0 Å². The number of hydrogen-bond acceptors (Lipinski definition) is 10. The summed E-state index contributed by atoms with van der Waals surface area (Å²) in [4.78, 5) is 24.7. The van der Waals surface area contributed by atoms with Crippen LogP contribution in [0.15, 0.2) is 35.1 Å². The first-order chi connectivity index (χ1) is 16.7. The summed E-state index contributed by atoms with van der Waals surface area (Å²) in [6.45, 7) is 5.41. The van der Waals surface area contributed by atoms with Gasteiger partial charge in [0.1, 0.15) is 17.5 Å². The molecular weight excluding hydrogens is 481 g/mol. The standard InChI is InChI=1S/C22H21F3N8OS/c1-12-9-27-21(35-12)30-17-8-18(29-13(2)28-17)33-7-3-4-15(11-33)16-6-5-14(10-26-16)19-31-20(34-32-19)22(23,24)25/h5-6,8-10,15H,3-4,7,11H2,1-2H3,(H,27,28,29,30). The molecule has 1 unspecified atom stereocenters. The first-order valence-corrected chi connectivity index (χ1v) is 11.7. The average Bonchev–Trinajstić information content (AvgIpc) is 3.48. The molecule has 1 N–H and O–H groups in total. The average molecular weight is 503 g/mol. The van der Waals surface area contributed by atoms with Crippen molar-refractivity contribution in [1.29, 1.82) is 0 Å². The topological polar surface area (TPSA) is 106 Å². The highest BCUT2D eigenvalue weighted by molar-refractivity contribution is 7.15. The number of nitrogens with zero attached hydrogens (tertiary/aromatic N) is 7. The first kappa shape index (κ1) is 23.1. The molecule has 5 heterocycles. The quantitative estimate of drug-likeness (QED) is 0.397. The minimum atomic E-state index is -4.68. The maximum atomic E-state index is 12.7. The van der Waals surface area contributed by atoms with Crippen LogP contribution in [0.25, 0.3) is 11.4 Å². The zero-order valence-electron chi connectivity index (χ0n) is 18.9. The van der Waals surface area contributed by atoms with Gasteiger partial charge in [0.15, 0.2) is 5.13 Å². The molecule has 1 aliphatic heterocycles. The van der Waals surface area contributed by atoms with Gasteiger partial charge in [0.05, 0.1) is 0 Å². The fourth-order valence-corrected chi connectivity index (χ4v) is 4.63. The maximum Gasteiger partial charge on any atom is 0.471 e. The van der Waals surface area contributed by atoms with Gasteiger partial charge in [0, 0.05) is 53.6 Å². The summed E-state index contributed by atoms with van der Waals surface area (Å²) >= 11 is 1.55. The van der Waals surface area contributed by atoms with E-state index >= 15 is 0 Å². The summed E-state index contributed by atoms with van der Waals surface area (Å²) in [5.74, 6) is 0.779. The largest absolute Gasteiger partial charge is 0.471 e. The molecular formula is C22H21F3N8OS. The van der Waals surface area contributed by atoms with E-state index in [1.807, 2.05) is 26.1 Å². The molecule has 5 rings (SSSR count). The first-order valence-electron chi connectivity index (χ1n) is 10.9. The minimum Gasteiger partial charge on any atom is -0.356 e.